The molecule has 0 radical (unpaired) electrons. The van der Waals surface area contributed by atoms with Crippen LogP contribution in [0.4, 0.5) is 0 Å². The van der Waals surface area contributed by atoms with Crippen LogP contribution in [0.5, 0.6) is 0 Å². The van der Waals surface area contributed by atoms with Gasteiger partial charge in [0.25, 0.3) is 0 Å². The molecule has 1 spiro atoms. The molecule has 5 heteroatoms. The molecule has 16 fully saturated rings. The van der Waals surface area contributed by atoms with Gasteiger partial charge in [0.05, 0.1) is 0 Å². The first kappa shape index (κ1) is 21.1. The standard InChI is InChI=1S/C29H47N2P2.C5H5.Fe/c1-27(2,3)22-13-25(28(17-32)23-9-18-8-19(11-23)12-24(28)10-18)26(14-22)29(33,20-4-6-30-15-20)21-5-7-31-16-21;1-2-4-5-3-1;/h13-14,18-21,23-24,30-31H,4-12,15-17,32-33H2,1-3H3;1-5H;. The van der Waals surface area contributed by atoms with Crippen molar-refractivity contribution >= 4 is 18.5 Å². The molecule has 0 aromatic carbocycles. The Morgan fingerprint density at radius 2 is 1.28 bits per heavy atom. The summed E-state index contributed by atoms with van der Waals surface area (Å²) < 4.78 is 2.74. The normalized spacial score (nSPS) is 88.6. The molecule has 12 heterocycles. The summed E-state index contributed by atoms with van der Waals surface area (Å²) in [6, 6.07) is 0. The van der Waals surface area contributed by atoms with Gasteiger partial charge in [-0.25, -0.2) is 0 Å². The fourth-order valence-corrected chi connectivity index (χ4v) is 118. The van der Waals surface area contributed by atoms with Crippen molar-refractivity contribution in [1.29, 1.82) is 0 Å². The van der Waals surface area contributed by atoms with Gasteiger partial charge in [-0.15, -0.1) is 0 Å². The maximum atomic E-state index is 4.03. The molecule has 2 N–H and O–H groups in total. The van der Waals surface area contributed by atoms with Gasteiger partial charge in [0, 0.05) is 0 Å². The van der Waals surface area contributed by atoms with Crippen LogP contribution in [0.15, 0.2) is 0 Å². The average molecular weight is 607 g/mol. The van der Waals surface area contributed by atoms with E-state index in [2.05, 4.69) is 49.9 Å². The molecule has 0 aromatic rings. The summed E-state index contributed by atoms with van der Waals surface area (Å²) in [6.45, 7) is 9.76. The molecular formula is C34H52FeN2P2. The van der Waals surface area contributed by atoms with Crippen molar-refractivity contribution in [2.75, 3.05) is 32.3 Å². The van der Waals surface area contributed by atoms with Crippen LogP contribution >= 0.6 is 18.5 Å². The number of hydrogen-bond acceptors (Lipinski definition) is 2. The Bertz CT molecular complexity index is 1720. The third-order valence-electron chi connectivity index (χ3n) is 25.8. The molecule has 216 valence electrons. The fourth-order valence-electron chi connectivity index (χ4n) is 29.7. The van der Waals surface area contributed by atoms with E-state index in [1.165, 1.54) is 78.9 Å². The second kappa shape index (κ2) is 3.15. The van der Waals surface area contributed by atoms with E-state index < -0.39 is 6.51 Å². The van der Waals surface area contributed by atoms with Gasteiger partial charge in [-0.3, -0.25) is 0 Å². The summed E-state index contributed by atoms with van der Waals surface area (Å²) in [6.07, 6.45) is 12.8. The first-order chi connectivity index (χ1) is 18.5. The molecule has 9 atom stereocenters. The topological polar surface area (TPSA) is 24.1 Å². The molecule has 9 unspecified atom stereocenters. The number of nitrogens with one attached hydrogen (secondary N) is 2. The Balaban J connectivity index is 1.13. The summed E-state index contributed by atoms with van der Waals surface area (Å²) in [5.74, 6) is 6.38. The predicted octanol–water partition coefficient (Wildman–Crippen LogP) is 7.68. The second-order valence-electron chi connectivity index (χ2n) is 22.0. The molecule has 4 aliphatic carbocycles. The molecule has 39 heavy (non-hydrogen) atoms. The van der Waals surface area contributed by atoms with Gasteiger partial charge in [-0.2, -0.15) is 0 Å². The van der Waals surface area contributed by atoms with Crippen molar-refractivity contribution < 1.29 is 6.51 Å². The van der Waals surface area contributed by atoms with Crippen LogP contribution in [0.2, 0.25) is 46.7 Å². The fraction of sp³-hybridized carbons (Fsp3) is 1.00. The van der Waals surface area contributed by atoms with E-state index >= 15 is 0 Å². The van der Waals surface area contributed by atoms with E-state index in [1.807, 2.05) is 0 Å². The van der Waals surface area contributed by atoms with E-state index in [0.717, 1.165) is 53.9 Å². The van der Waals surface area contributed by atoms with Crippen LogP contribution in [0, 0.1) is 46.3 Å². The monoisotopic (exact) mass is 606 g/mol. The molecule has 16 aliphatic rings. The first-order valence-corrected chi connectivity index (χ1v) is 25.1. The summed E-state index contributed by atoms with van der Waals surface area (Å²) in [5.41, 5.74) is 1.34. The minimum absolute atomic E-state index is 0.560. The Labute approximate surface area is 230 Å². The van der Waals surface area contributed by atoms with E-state index in [9.17, 15) is 0 Å². The van der Waals surface area contributed by atoms with Crippen LogP contribution < -0.4 is 10.6 Å². The van der Waals surface area contributed by atoms with Crippen LogP contribution in [0.3, 0.4) is 0 Å². The van der Waals surface area contributed by atoms with Gasteiger partial charge in [0.2, 0.25) is 0 Å². The van der Waals surface area contributed by atoms with Crippen molar-refractivity contribution in [2.24, 2.45) is 46.3 Å². The Morgan fingerprint density at radius 1 is 0.769 bits per heavy atom. The summed E-state index contributed by atoms with van der Waals surface area (Å²) >= 11 is 0. The van der Waals surface area contributed by atoms with Crippen LogP contribution in [-0.4, -0.2) is 37.5 Å². The SMILES string of the molecule is CC(C)(C)[C]12[CH]3[C]4(C(P)(C5CCNC5)C5CCNC5)[C]5(C6(CP)C7CC8CC(C7)CC6C8)[CH]1[Fe]32451678[CH]2[CH]1[CH]6[CH]7[CH]28. The van der Waals surface area contributed by atoms with E-state index in [0.29, 0.717) is 10.6 Å². The third-order valence-corrected chi connectivity index (χ3v) is 72.3. The quantitative estimate of drug-likeness (QED) is 0.248. The van der Waals surface area contributed by atoms with Crippen molar-refractivity contribution in [1.82, 2.24) is 10.6 Å². The molecule has 2 nitrogen and oxygen atoms in total. The molecule has 4 bridgehead atoms. The van der Waals surface area contributed by atoms with E-state index in [-0.39, 0.29) is 0 Å². The van der Waals surface area contributed by atoms with Crippen LogP contribution in [0.1, 0.15) is 65.7 Å². The zero-order chi connectivity index (χ0) is 25.7. The molecule has 12 saturated heterocycles. The number of rotatable bonds is 5. The molecule has 16 rings (SSSR count). The van der Waals surface area contributed by atoms with Gasteiger partial charge in [0.1, 0.15) is 0 Å². The molecular weight excluding hydrogens is 554 g/mol. The van der Waals surface area contributed by atoms with Gasteiger partial charge in [0.15, 0.2) is 0 Å². The molecule has 12 aliphatic heterocycles. The maximum absolute atomic E-state index is 4.05. The van der Waals surface area contributed by atoms with Crippen molar-refractivity contribution in [3.05, 3.63) is 0 Å². The first-order valence-electron chi connectivity index (χ1n) is 17.6. The Kier molecular flexibility index (Phi) is 1.70. The van der Waals surface area contributed by atoms with E-state index in [1.54, 1.807) is 32.1 Å². The summed E-state index contributed by atoms with van der Waals surface area (Å²) in [4.78, 5) is 9.60. The summed E-state index contributed by atoms with van der Waals surface area (Å²) in [5, 5.41) is 8.55. The minimum atomic E-state index is -4.05. The van der Waals surface area contributed by atoms with Gasteiger partial charge >= 0.3 is 232 Å². The zero-order valence-electron chi connectivity index (χ0n) is 24.5. The molecule has 0 aromatic heterocycles. The Hall–Kier alpha value is 1.30. The average Bonchev–Trinajstić information content (AvgIpc) is 3.72. The van der Waals surface area contributed by atoms with E-state index in [4.69, 9.17) is 0 Å². The van der Waals surface area contributed by atoms with Crippen molar-refractivity contribution in [3.8, 4) is 0 Å². The predicted molar refractivity (Wildman–Crippen MR) is 162 cm³/mol. The molecule has 0 amide bonds. The van der Waals surface area contributed by atoms with Crippen molar-refractivity contribution in [3.63, 3.8) is 0 Å². The van der Waals surface area contributed by atoms with Gasteiger partial charge in [-0.1, -0.05) is 0 Å². The van der Waals surface area contributed by atoms with Crippen LogP contribution in [0.25, 0.3) is 0 Å². The number of fused-ring (bicyclic) bond motifs is 11. The van der Waals surface area contributed by atoms with Crippen molar-refractivity contribution in [2.45, 2.75) is 118 Å². The van der Waals surface area contributed by atoms with Gasteiger partial charge < -0.3 is 0 Å². The Morgan fingerprint density at radius 3 is 1.67 bits per heavy atom. The second-order valence-corrected chi connectivity index (χ2v) is 46.2. The number of hydrogen-bond donors (Lipinski definition) is 2. The summed E-state index contributed by atoms with van der Waals surface area (Å²) in [7, 11) is 7.63. The van der Waals surface area contributed by atoms with Crippen LogP contribution in [-0.2, 0) is 6.51 Å². The molecule has 4 saturated carbocycles. The van der Waals surface area contributed by atoms with Gasteiger partial charge in [-0.05, 0) is 0 Å². The zero-order valence-corrected chi connectivity index (χ0v) is 27.9. The third kappa shape index (κ3) is 0.504.